The lowest BCUT2D eigenvalue weighted by atomic mass is 10.1. The summed E-state index contributed by atoms with van der Waals surface area (Å²) in [6, 6.07) is 11.9. The smallest absolute Gasteiger partial charge is 0.322 e. The molecule has 1 aromatic heterocycles. The van der Waals surface area contributed by atoms with Crippen molar-refractivity contribution in [3.63, 3.8) is 0 Å². The minimum Gasteiger partial charge on any atom is -0.505 e. The molecule has 0 unspecified atom stereocenters. The molecule has 0 aliphatic heterocycles. The first-order valence-electron chi connectivity index (χ1n) is 9.32. The van der Waals surface area contributed by atoms with Crippen LogP contribution in [-0.4, -0.2) is 40.2 Å². The predicted octanol–water partition coefficient (Wildman–Crippen LogP) is 3.13. The summed E-state index contributed by atoms with van der Waals surface area (Å²) < 4.78 is 11.5. The van der Waals surface area contributed by atoms with Crippen molar-refractivity contribution >= 4 is 22.6 Å². The van der Waals surface area contributed by atoms with E-state index in [-0.39, 0.29) is 23.6 Å². The average Bonchev–Trinajstić information content (AvgIpc) is 2.75. The van der Waals surface area contributed by atoms with Crippen LogP contribution in [0.25, 0.3) is 10.8 Å². The third-order valence-electron chi connectivity index (χ3n) is 4.36. The quantitative estimate of drug-likeness (QED) is 0.528. The molecule has 0 aliphatic carbocycles. The van der Waals surface area contributed by atoms with Crippen LogP contribution < -0.4 is 14.8 Å². The highest BCUT2D eigenvalue weighted by molar-refractivity contribution is 6.04. The summed E-state index contributed by atoms with van der Waals surface area (Å²) in [4.78, 5) is 27.1. The zero-order valence-electron chi connectivity index (χ0n) is 16.8. The average molecular weight is 421 g/mol. The highest BCUT2D eigenvalue weighted by Crippen LogP contribution is 2.37. The minimum absolute atomic E-state index is 0.0868. The van der Waals surface area contributed by atoms with Crippen molar-refractivity contribution in [2.24, 2.45) is 0 Å². The van der Waals surface area contributed by atoms with Crippen LogP contribution in [0.3, 0.4) is 0 Å². The van der Waals surface area contributed by atoms with Gasteiger partial charge in [0, 0.05) is 5.39 Å². The third-order valence-corrected chi connectivity index (χ3v) is 4.36. The van der Waals surface area contributed by atoms with E-state index in [1.807, 2.05) is 6.92 Å². The summed E-state index contributed by atoms with van der Waals surface area (Å²) in [5, 5.41) is 31.3. The number of nitriles is 1. The monoisotopic (exact) mass is 421 g/mol. The second kappa shape index (κ2) is 9.00. The Hall–Kier alpha value is -4.32. The molecule has 158 valence electrons. The van der Waals surface area contributed by atoms with E-state index in [0.717, 1.165) is 5.56 Å². The number of fused-ring (bicyclic) bond motifs is 1. The van der Waals surface area contributed by atoms with E-state index in [0.29, 0.717) is 22.4 Å². The molecule has 0 bridgehead atoms. The van der Waals surface area contributed by atoms with Gasteiger partial charge in [0.1, 0.15) is 18.0 Å². The maximum absolute atomic E-state index is 12.3. The molecule has 9 heteroatoms. The molecule has 9 nitrogen and oxygen atoms in total. The number of amides is 1. The number of carboxylic acids is 1. The van der Waals surface area contributed by atoms with Gasteiger partial charge < -0.3 is 25.0 Å². The Balaban J connectivity index is 2.05. The number of rotatable bonds is 7. The van der Waals surface area contributed by atoms with Crippen molar-refractivity contribution in [3.8, 4) is 29.2 Å². The molecule has 0 aliphatic rings. The van der Waals surface area contributed by atoms with Crippen LogP contribution in [-0.2, 0) is 4.79 Å². The van der Waals surface area contributed by atoms with Crippen molar-refractivity contribution in [1.82, 2.24) is 10.3 Å². The Morgan fingerprint density at radius 2 is 1.97 bits per heavy atom. The Labute approximate surface area is 177 Å². The van der Waals surface area contributed by atoms with E-state index in [2.05, 4.69) is 16.4 Å². The van der Waals surface area contributed by atoms with Crippen LogP contribution in [0.4, 0.5) is 0 Å². The van der Waals surface area contributed by atoms with Crippen molar-refractivity contribution in [3.05, 3.63) is 53.2 Å². The Morgan fingerprint density at radius 1 is 1.19 bits per heavy atom. The number of aryl methyl sites for hydroxylation is 1. The lowest BCUT2D eigenvalue weighted by Crippen LogP contribution is -2.30. The van der Waals surface area contributed by atoms with Gasteiger partial charge in [-0.3, -0.25) is 9.59 Å². The molecule has 0 atom stereocenters. The van der Waals surface area contributed by atoms with Gasteiger partial charge in [-0.2, -0.15) is 5.26 Å². The van der Waals surface area contributed by atoms with Crippen LogP contribution in [0.2, 0.25) is 0 Å². The van der Waals surface area contributed by atoms with Gasteiger partial charge in [0.2, 0.25) is 5.88 Å². The molecule has 3 aromatic rings. The van der Waals surface area contributed by atoms with Crippen LogP contribution in [0.5, 0.6) is 23.1 Å². The fourth-order valence-electron chi connectivity index (χ4n) is 2.86. The first kappa shape index (κ1) is 21.4. The van der Waals surface area contributed by atoms with E-state index in [1.54, 1.807) is 43.3 Å². The Kier molecular flexibility index (Phi) is 6.21. The van der Waals surface area contributed by atoms with E-state index in [9.17, 15) is 14.7 Å². The number of carboxylic acid groups (broad SMARTS) is 1. The molecule has 31 heavy (non-hydrogen) atoms. The zero-order chi connectivity index (χ0) is 22.5. The second-order valence-corrected chi connectivity index (χ2v) is 6.53. The zero-order valence-corrected chi connectivity index (χ0v) is 16.8. The van der Waals surface area contributed by atoms with Gasteiger partial charge in [-0.05, 0) is 49.7 Å². The summed E-state index contributed by atoms with van der Waals surface area (Å²) >= 11 is 0. The summed E-state index contributed by atoms with van der Waals surface area (Å²) in [5.41, 5.74) is 0.937. The van der Waals surface area contributed by atoms with Gasteiger partial charge in [0.05, 0.1) is 23.6 Å². The molecule has 1 heterocycles. The predicted molar refractivity (Wildman–Crippen MR) is 111 cm³/mol. The topological polar surface area (TPSA) is 142 Å². The van der Waals surface area contributed by atoms with E-state index < -0.39 is 24.2 Å². The van der Waals surface area contributed by atoms with Crippen molar-refractivity contribution in [1.29, 1.82) is 5.26 Å². The summed E-state index contributed by atoms with van der Waals surface area (Å²) in [5.74, 6) is -1.48. The lowest BCUT2D eigenvalue weighted by Gasteiger charge is -2.14. The number of nitrogens with one attached hydrogen (secondary N) is 1. The summed E-state index contributed by atoms with van der Waals surface area (Å²) in [7, 11) is 0. The van der Waals surface area contributed by atoms with Crippen molar-refractivity contribution in [2.75, 3.05) is 13.2 Å². The second-order valence-electron chi connectivity index (χ2n) is 6.53. The normalized spacial score (nSPS) is 10.4. The van der Waals surface area contributed by atoms with E-state index in [1.165, 1.54) is 0 Å². The fraction of sp³-hybridized carbons (Fsp3) is 0.182. The number of hydrogen-bond donors (Lipinski definition) is 3. The Morgan fingerprint density at radius 3 is 2.65 bits per heavy atom. The van der Waals surface area contributed by atoms with Gasteiger partial charge in [-0.15, -0.1) is 0 Å². The molecular formula is C22H19N3O6. The maximum Gasteiger partial charge on any atom is 0.322 e. The van der Waals surface area contributed by atoms with Gasteiger partial charge in [-0.1, -0.05) is 6.07 Å². The number of carbonyl (C=O) groups is 2. The van der Waals surface area contributed by atoms with Crippen molar-refractivity contribution < 1.29 is 29.3 Å². The number of nitrogens with zero attached hydrogens (tertiary/aromatic N) is 2. The third kappa shape index (κ3) is 4.64. The number of ether oxygens (including phenoxy) is 2. The standard InChI is InChI=1S/C22H19N3O6/c1-3-30-22-16-9-14(31-17-8-13(10-23)5-4-12(17)2)6-7-15(16)20(28)19(25-22)21(29)24-11-18(26)27/h4-9,28H,3,11H2,1-2H3,(H,24,29)(H,26,27). The molecule has 0 saturated heterocycles. The highest BCUT2D eigenvalue weighted by Gasteiger charge is 2.21. The van der Waals surface area contributed by atoms with Gasteiger partial charge in [0.15, 0.2) is 11.4 Å². The SMILES string of the molecule is CCOc1nc(C(=O)NCC(=O)O)c(O)c2ccc(Oc3cc(C#N)ccc3C)cc12. The number of pyridine rings is 1. The van der Waals surface area contributed by atoms with E-state index in [4.69, 9.17) is 19.8 Å². The minimum atomic E-state index is -1.23. The fourth-order valence-corrected chi connectivity index (χ4v) is 2.86. The summed E-state index contributed by atoms with van der Waals surface area (Å²) in [6.07, 6.45) is 0. The number of aliphatic carboxylic acids is 1. The first-order chi connectivity index (χ1) is 14.8. The molecule has 3 N–H and O–H groups in total. The highest BCUT2D eigenvalue weighted by atomic mass is 16.5. The van der Waals surface area contributed by atoms with Crippen LogP contribution >= 0.6 is 0 Å². The van der Waals surface area contributed by atoms with Crippen LogP contribution in [0.15, 0.2) is 36.4 Å². The number of aromatic hydroxyl groups is 1. The Bertz CT molecular complexity index is 1220. The summed E-state index contributed by atoms with van der Waals surface area (Å²) in [6.45, 7) is 3.22. The van der Waals surface area contributed by atoms with Gasteiger partial charge >= 0.3 is 5.97 Å². The molecule has 0 fully saturated rings. The number of aromatic nitrogens is 1. The van der Waals surface area contributed by atoms with Crippen LogP contribution in [0.1, 0.15) is 28.5 Å². The number of hydrogen-bond acceptors (Lipinski definition) is 7. The van der Waals surface area contributed by atoms with Gasteiger partial charge in [-0.25, -0.2) is 4.98 Å². The largest absolute Gasteiger partial charge is 0.505 e. The molecule has 1 amide bonds. The first-order valence-corrected chi connectivity index (χ1v) is 9.32. The number of benzene rings is 2. The molecule has 2 aromatic carbocycles. The lowest BCUT2D eigenvalue weighted by molar-refractivity contribution is -0.135. The molecule has 0 spiro atoms. The van der Waals surface area contributed by atoms with Gasteiger partial charge in [0.25, 0.3) is 5.91 Å². The molecule has 0 saturated carbocycles. The number of carbonyl (C=O) groups excluding carboxylic acids is 1. The van der Waals surface area contributed by atoms with Crippen LogP contribution in [0, 0.1) is 18.3 Å². The molecule has 0 radical (unpaired) electrons. The molecular weight excluding hydrogens is 402 g/mol. The van der Waals surface area contributed by atoms with Crippen molar-refractivity contribution in [2.45, 2.75) is 13.8 Å². The maximum atomic E-state index is 12.3. The molecule has 3 rings (SSSR count). The van der Waals surface area contributed by atoms with E-state index >= 15 is 0 Å².